The summed E-state index contributed by atoms with van der Waals surface area (Å²) in [5, 5.41) is 0. The number of hydrogen-bond donors (Lipinski definition) is 0. The molecule has 0 unspecified atom stereocenters. The van der Waals surface area contributed by atoms with Crippen molar-refractivity contribution in [2.45, 2.75) is 13.5 Å². The zero-order valence-electron chi connectivity index (χ0n) is 9.14. The average Bonchev–Trinajstić information content (AvgIpc) is 2.48. The van der Waals surface area contributed by atoms with E-state index in [1.54, 1.807) is 31.2 Å². The third-order valence-electron chi connectivity index (χ3n) is 2.15. The molecule has 1 aromatic carbocycles. The summed E-state index contributed by atoms with van der Waals surface area (Å²) in [5.74, 6) is 0.0453. The van der Waals surface area contributed by atoms with Crippen molar-refractivity contribution in [3.63, 3.8) is 0 Å². The van der Waals surface area contributed by atoms with E-state index < -0.39 is 5.82 Å². The zero-order valence-corrected chi connectivity index (χ0v) is 9.14. The lowest BCUT2D eigenvalue weighted by Gasteiger charge is -2.00. The van der Waals surface area contributed by atoms with Crippen molar-refractivity contribution in [1.82, 2.24) is 0 Å². The van der Waals surface area contributed by atoms with E-state index in [2.05, 4.69) is 4.42 Å². The molecule has 1 aromatic heterocycles. The number of ether oxygens (including phenoxy) is 1. The van der Waals surface area contributed by atoms with E-state index >= 15 is 0 Å². The maximum Gasteiger partial charge on any atom is 0.519 e. The highest BCUT2D eigenvalue weighted by molar-refractivity contribution is 5.20. The van der Waals surface area contributed by atoms with Crippen LogP contribution in [0.2, 0.25) is 0 Å². The largest absolute Gasteiger partial charge is 0.519 e. The summed E-state index contributed by atoms with van der Waals surface area (Å²) < 4.78 is 14.7. The van der Waals surface area contributed by atoms with Gasteiger partial charge in [0, 0.05) is 0 Å². The Bertz CT molecular complexity index is 623. The molecule has 0 amide bonds. The van der Waals surface area contributed by atoms with E-state index in [1.807, 2.05) is 0 Å². The number of hydrogen-bond acceptors (Lipinski definition) is 5. The lowest BCUT2D eigenvalue weighted by Crippen LogP contribution is -2.04. The van der Waals surface area contributed by atoms with Gasteiger partial charge in [-0.15, -0.1) is 0 Å². The Kier molecular flexibility index (Phi) is 3.09. The maximum atomic E-state index is 11.5. The summed E-state index contributed by atoms with van der Waals surface area (Å²) in [5.41, 5.74) is -0.238. The highest BCUT2D eigenvalue weighted by atomic mass is 16.6. The monoisotopic (exact) mass is 234 g/mol. The van der Waals surface area contributed by atoms with E-state index in [4.69, 9.17) is 9.15 Å². The van der Waals surface area contributed by atoms with E-state index in [0.29, 0.717) is 5.76 Å². The summed E-state index contributed by atoms with van der Waals surface area (Å²) in [6.07, 6.45) is 0. The van der Waals surface area contributed by atoms with Gasteiger partial charge in [-0.2, -0.15) is 0 Å². The molecule has 0 radical (unpaired) electrons. The van der Waals surface area contributed by atoms with E-state index in [0.717, 1.165) is 0 Å². The van der Waals surface area contributed by atoms with Gasteiger partial charge in [0.15, 0.2) is 17.3 Å². The molecule has 1 heterocycles. The molecule has 0 fully saturated rings. The van der Waals surface area contributed by atoms with Crippen LogP contribution < -0.4 is 16.0 Å². The summed E-state index contributed by atoms with van der Waals surface area (Å²) in [6, 6.07) is 7.98. The Balaban J connectivity index is 2.19. The van der Waals surface area contributed by atoms with Crippen molar-refractivity contribution in [3.8, 4) is 5.75 Å². The minimum Gasteiger partial charge on any atom is -0.481 e. The van der Waals surface area contributed by atoms with Crippen molar-refractivity contribution in [2.75, 3.05) is 0 Å². The van der Waals surface area contributed by atoms with Gasteiger partial charge in [0.25, 0.3) is 0 Å². The smallest absolute Gasteiger partial charge is 0.481 e. The van der Waals surface area contributed by atoms with Gasteiger partial charge in [-0.25, -0.2) is 4.79 Å². The Hall–Kier alpha value is -2.30. The lowest BCUT2D eigenvalue weighted by molar-refractivity contribution is 0.260. The normalized spacial score (nSPS) is 10.2. The second-order valence-electron chi connectivity index (χ2n) is 3.36. The third kappa shape index (κ3) is 2.63. The topological polar surface area (TPSA) is 69.7 Å². The zero-order chi connectivity index (χ0) is 12.3. The molecule has 2 rings (SSSR count). The highest BCUT2D eigenvalue weighted by Crippen LogP contribution is 2.09. The van der Waals surface area contributed by atoms with Crippen molar-refractivity contribution in [3.05, 3.63) is 62.7 Å². The van der Waals surface area contributed by atoms with Crippen LogP contribution in [0.25, 0.3) is 0 Å². The van der Waals surface area contributed by atoms with Crippen LogP contribution in [0.1, 0.15) is 11.5 Å². The van der Waals surface area contributed by atoms with Crippen LogP contribution in [0.3, 0.4) is 0 Å². The Morgan fingerprint density at radius 2 is 1.88 bits per heavy atom. The lowest BCUT2D eigenvalue weighted by atomic mass is 10.4. The molecule has 0 spiro atoms. The van der Waals surface area contributed by atoms with Crippen LogP contribution in [0.4, 0.5) is 0 Å². The minimum atomic E-state index is -0.776. The van der Waals surface area contributed by atoms with Crippen molar-refractivity contribution >= 4 is 0 Å². The molecule has 17 heavy (non-hydrogen) atoms. The van der Waals surface area contributed by atoms with Crippen molar-refractivity contribution in [2.24, 2.45) is 0 Å². The molecule has 88 valence electrons. The van der Waals surface area contributed by atoms with Crippen LogP contribution in [-0.4, -0.2) is 0 Å². The molecule has 0 bridgehead atoms. The fourth-order valence-electron chi connectivity index (χ4n) is 1.28. The summed E-state index contributed by atoms with van der Waals surface area (Å²) in [7, 11) is 0. The number of rotatable bonds is 3. The molecular formula is C12H10O5. The number of aryl methyl sites for hydroxylation is 1. The summed E-state index contributed by atoms with van der Waals surface area (Å²) in [4.78, 5) is 22.3. The first-order valence-electron chi connectivity index (χ1n) is 4.98. The third-order valence-corrected chi connectivity index (χ3v) is 2.15. The molecule has 0 atom stereocenters. The second-order valence-corrected chi connectivity index (χ2v) is 3.36. The molecular weight excluding hydrogens is 224 g/mol. The molecule has 0 aliphatic carbocycles. The molecule has 0 aliphatic rings. The predicted octanol–water partition coefficient (Wildman–Crippen LogP) is 1.48. The summed E-state index contributed by atoms with van der Waals surface area (Å²) in [6.45, 7) is 1.57. The fourth-order valence-corrected chi connectivity index (χ4v) is 1.28. The minimum absolute atomic E-state index is 0.0170. The highest BCUT2D eigenvalue weighted by Gasteiger charge is 2.09. The van der Waals surface area contributed by atoms with Crippen LogP contribution >= 0.6 is 0 Å². The van der Waals surface area contributed by atoms with E-state index in [1.165, 1.54) is 6.07 Å². The fraction of sp³-hybridized carbons (Fsp3) is 0.167. The van der Waals surface area contributed by atoms with Gasteiger partial charge in [-0.3, -0.25) is 4.79 Å². The Labute approximate surface area is 96.3 Å². The van der Waals surface area contributed by atoms with Gasteiger partial charge in [-0.05, 0) is 19.1 Å². The molecule has 5 nitrogen and oxygen atoms in total. The molecule has 0 aliphatic heterocycles. The van der Waals surface area contributed by atoms with Crippen LogP contribution in [0.5, 0.6) is 5.75 Å². The molecule has 2 aromatic rings. The van der Waals surface area contributed by atoms with Gasteiger partial charge >= 0.3 is 5.82 Å². The Morgan fingerprint density at radius 1 is 1.12 bits per heavy atom. The molecule has 0 saturated carbocycles. The van der Waals surface area contributed by atoms with Crippen LogP contribution in [0.15, 0.2) is 48.8 Å². The first kappa shape index (κ1) is 11.2. The van der Waals surface area contributed by atoms with Gasteiger partial charge < -0.3 is 13.6 Å². The van der Waals surface area contributed by atoms with E-state index in [9.17, 15) is 9.59 Å². The molecule has 0 saturated heterocycles. The maximum absolute atomic E-state index is 11.5. The Morgan fingerprint density at radius 3 is 2.59 bits per heavy atom. The first-order chi connectivity index (χ1) is 8.16. The second kappa shape index (κ2) is 4.69. The van der Waals surface area contributed by atoms with Crippen LogP contribution in [0, 0.1) is 6.92 Å². The summed E-state index contributed by atoms with van der Waals surface area (Å²) >= 11 is 0. The predicted molar refractivity (Wildman–Crippen MR) is 59.0 cm³/mol. The first-order valence-corrected chi connectivity index (χ1v) is 4.98. The van der Waals surface area contributed by atoms with Crippen LogP contribution in [-0.2, 0) is 6.61 Å². The van der Waals surface area contributed by atoms with Gasteiger partial charge in [0.2, 0.25) is 5.43 Å². The SMILES string of the molecule is Cc1oc(=O)oc1COc1cccccc1=O. The van der Waals surface area contributed by atoms with Gasteiger partial charge in [0.1, 0.15) is 6.61 Å². The standard InChI is InChI=1S/C12H10O5/c1-8-11(17-12(14)16-8)7-15-10-6-4-2-3-5-9(10)13/h2-6H,7H2,1H3. The quantitative estimate of drug-likeness (QED) is 0.804. The van der Waals surface area contributed by atoms with Gasteiger partial charge in [-0.1, -0.05) is 18.2 Å². The van der Waals surface area contributed by atoms with Crippen molar-refractivity contribution in [1.29, 1.82) is 0 Å². The van der Waals surface area contributed by atoms with Gasteiger partial charge in [0.05, 0.1) is 0 Å². The van der Waals surface area contributed by atoms with Crippen molar-refractivity contribution < 1.29 is 13.6 Å². The molecule has 5 heteroatoms. The van der Waals surface area contributed by atoms with E-state index in [-0.39, 0.29) is 23.5 Å². The average molecular weight is 234 g/mol. The molecule has 0 N–H and O–H groups in total.